The summed E-state index contributed by atoms with van der Waals surface area (Å²) in [6.45, 7) is 4.12. The summed E-state index contributed by atoms with van der Waals surface area (Å²) >= 11 is 0. The molecule has 1 unspecified atom stereocenters. The Balaban J connectivity index is 2.13. The van der Waals surface area contributed by atoms with Gasteiger partial charge in [-0.15, -0.1) is 0 Å². The normalized spacial score (nSPS) is 12.1. The van der Waals surface area contributed by atoms with Crippen molar-refractivity contribution in [2.75, 3.05) is 0 Å². The van der Waals surface area contributed by atoms with Crippen LogP contribution in [0.4, 0.5) is 0 Å². The molecule has 98 valence electrons. The Hall–Kier alpha value is -2.15. The highest BCUT2D eigenvalue weighted by molar-refractivity contribution is 5.54. The first-order chi connectivity index (χ1) is 9.24. The molecule has 4 heteroatoms. The quantitative estimate of drug-likeness (QED) is 0.817. The third-order valence-corrected chi connectivity index (χ3v) is 3.17. The van der Waals surface area contributed by atoms with Gasteiger partial charge < -0.3 is 4.52 Å². The van der Waals surface area contributed by atoms with E-state index in [-0.39, 0.29) is 5.92 Å². The standard InChI is InChI=1S/C15H17N3O/c1-3-12-6-8-13(9-7-12)14-17-15(19-18-14)11(2)5-4-10-16/h6-9,11H,3-5H2,1-2H3. The van der Waals surface area contributed by atoms with E-state index in [1.807, 2.05) is 19.1 Å². The Morgan fingerprint density at radius 2 is 2.05 bits per heavy atom. The van der Waals surface area contributed by atoms with Crippen molar-refractivity contribution in [2.24, 2.45) is 0 Å². The minimum Gasteiger partial charge on any atom is -0.339 e. The first kappa shape index (κ1) is 13.3. The van der Waals surface area contributed by atoms with Gasteiger partial charge in [0.05, 0.1) is 6.07 Å². The van der Waals surface area contributed by atoms with Crippen LogP contribution in [0.25, 0.3) is 11.4 Å². The summed E-state index contributed by atoms with van der Waals surface area (Å²) in [7, 11) is 0. The molecular weight excluding hydrogens is 238 g/mol. The number of hydrogen-bond acceptors (Lipinski definition) is 4. The van der Waals surface area contributed by atoms with Gasteiger partial charge in [-0.2, -0.15) is 10.2 Å². The van der Waals surface area contributed by atoms with E-state index in [0.29, 0.717) is 18.1 Å². The molecule has 0 aliphatic carbocycles. The van der Waals surface area contributed by atoms with Crippen LogP contribution in [0.15, 0.2) is 28.8 Å². The summed E-state index contributed by atoms with van der Waals surface area (Å²) in [5.74, 6) is 1.34. The number of hydrogen-bond donors (Lipinski definition) is 0. The molecule has 0 saturated carbocycles. The third kappa shape index (κ3) is 3.19. The van der Waals surface area contributed by atoms with E-state index in [1.54, 1.807) is 0 Å². The van der Waals surface area contributed by atoms with Crippen LogP contribution in [0.1, 0.15) is 44.1 Å². The van der Waals surface area contributed by atoms with E-state index in [4.69, 9.17) is 9.78 Å². The lowest BCUT2D eigenvalue weighted by atomic mass is 10.1. The van der Waals surface area contributed by atoms with E-state index in [9.17, 15) is 0 Å². The van der Waals surface area contributed by atoms with Crippen molar-refractivity contribution in [3.63, 3.8) is 0 Å². The van der Waals surface area contributed by atoms with Gasteiger partial charge in [-0.1, -0.05) is 43.3 Å². The van der Waals surface area contributed by atoms with Crippen LogP contribution in [-0.2, 0) is 6.42 Å². The number of aromatic nitrogens is 2. The minimum atomic E-state index is 0.121. The highest BCUT2D eigenvalue weighted by Gasteiger charge is 2.14. The van der Waals surface area contributed by atoms with E-state index < -0.39 is 0 Å². The molecule has 0 fully saturated rings. The Kier molecular flexibility index (Phi) is 4.30. The first-order valence-corrected chi connectivity index (χ1v) is 6.54. The second kappa shape index (κ2) is 6.14. The zero-order chi connectivity index (χ0) is 13.7. The van der Waals surface area contributed by atoms with Crippen molar-refractivity contribution < 1.29 is 4.52 Å². The molecule has 0 bridgehead atoms. The molecule has 0 amide bonds. The maximum absolute atomic E-state index is 8.58. The summed E-state index contributed by atoms with van der Waals surface area (Å²) in [4.78, 5) is 4.40. The maximum atomic E-state index is 8.58. The zero-order valence-electron chi connectivity index (χ0n) is 11.3. The average Bonchev–Trinajstić information content (AvgIpc) is 2.94. The highest BCUT2D eigenvalue weighted by atomic mass is 16.5. The molecule has 19 heavy (non-hydrogen) atoms. The number of aryl methyl sites for hydroxylation is 1. The minimum absolute atomic E-state index is 0.121. The number of benzene rings is 1. The smallest absolute Gasteiger partial charge is 0.229 e. The van der Waals surface area contributed by atoms with Crippen molar-refractivity contribution in [1.82, 2.24) is 10.1 Å². The number of nitriles is 1. The van der Waals surface area contributed by atoms with Crippen LogP contribution < -0.4 is 0 Å². The second-order valence-corrected chi connectivity index (χ2v) is 4.60. The topological polar surface area (TPSA) is 62.7 Å². The molecule has 2 aromatic rings. The van der Waals surface area contributed by atoms with Gasteiger partial charge in [-0.3, -0.25) is 0 Å². The Morgan fingerprint density at radius 3 is 2.68 bits per heavy atom. The van der Waals surface area contributed by atoms with Crippen molar-refractivity contribution >= 4 is 0 Å². The summed E-state index contributed by atoms with van der Waals surface area (Å²) in [5, 5.41) is 12.6. The van der Waals surface area contributed by atoms with Gasteiger partial charge in [0.1, 0.15) is 0 Å². The zero-order valence-corrected chi connectivity index (χ0v) is 11.3. The highest BCUT2D eigenvalue weighted by Crippen LogP contribution is 2.22. The first-order valence-electron chi connectivity index (χ1n) is 6.54. The molecule has 1 heterocycles. The van der Waals surface area contributed by atoms with Crippen LogP contribution in [0.3, 0.4) is 0 Å². The predicted octanol–water partition coefficient (Wildman–Crippen LogP) is 3.71. The van der Waals surface area contributed by atoms with Gasteiger partial charge >= 0.3 is 0 Å². The van der Waals surface area contributed by atoms with E-state index in [1.165, 1.54) is 5.56 Å². The largest absolute Gasteiger partial charge is 0.339 e. The van der Waals surface area contributed by atoms with Crippen molar-refractivity contribution in [3.8, 4) is 17.5 Å². The Bertz CT molecular complexity index is 566. The monoisotopic (exact) mass is 255 g/mol. The Labute approximate surface area is 113 Å². The molecule has 0 aliphatic rings. The van der Waals surface area contributed by atoms with Gasteiger partial charge in [0.2, 0.25) is 11.7 Å². The fraction of sp³-hybridized carbons (Fsp3) is 0.400. The van der Waals surface area contributed by atoms with Crippen molar-refractivity contribution in [2.45, 2.75) is 39.0 Å². The lowest BCUT2D eigenvalue weighted by Gasteiger charge is -2.01. The van der Waals surface area contributed by atoms with Crippen molar-refractivity contribution in [1.29, 1.82) is 5.26 Å². The molecule has 0 saturated heterocycles. The molecule has 2 rings (SSSR count). The lowest BCUT2D eigenvalue weighted by Crippen LogP contribution is -1.93. The maximum Gasteiger partial charge on any atom is 0.229 e. The van der Waals surface area contributed by atoms with Crippen LogP contribution in [0.5, 0.6) is 0 Å². The second-order valence-electron chi connectivity index (χ2n) is 4.60. The average molecular weight is 255 g/mol. The fourth-order valence-electron chi connectivity index (χ4n) is 1.85. The van der Waals surface area contributed by atoms with Crippen LogP contribution in [0, 0.1) is 11.3 Å². The molecule has 0 aliphatic heterocycles. The molecule has 0 spiro atoms. The van der Waals surface area contributed by atoms with Crippen LogP contribution in [-0.4, -0.2) is 10.1 Å². The predicted molar refractivity (Wildman–Crippen MR) is 72.4 cm³/mol. The van der Waals surface area contributed by atoms with Gasteiger partial charge in [-0.25, -0.2) is 0 Å². The molecule has 0 radical (unpaired) electrons. The molecule has 4 nitrogen and oxygen atoms in total. The fourth-order valence-corrected chi connectivity index (χ4v) is 1.85. The van der Waals surface area contributed by atoms with Gasteiger partial charge in [0.25, 0.3) is 0 Å². The van der Waals surface area contributed by atoms with Crippen LogP contribution in [0.2, 0.25) is 0 Å². The van der Waals surface area contributed by atoms with Crippen LogP contribution >= 0.6 is 0 Å². The Morgan fingerprint density at radius 1 is 1.32 bits per heavy atom. The molecular formula is C15H17N3O. The van der Waals surface area contributed by atoms with E-state index in [0.717, 1.165) is 18.4 Å². The SMILES string of the molecule is CCc1ccc(-c2noc(C(C)CCC#N)n2)cc1. The van der Waals surface area contributed by atoms with Gasteiger partial charge in [0, 0.05) is 17.9 Å². The molecule has 0 N–H and O–H groups in total. The lowest BCUT2D eigenvalue weighted by molar-refractivity contribution is 0.355. The summed E-state index contributed by atoms with van der Waals surface area (Å²) in [6.07, 6.45) is 2.26. The van der Waals surface area contributed by atoms with Crippen molar-refractivity contribution in [3.05, 3.63) is 35.7 Å². The molecule has 1 aromatic heterocycles. The number of rotatable bonds is 5. The summed E-state index contributed by atoms with van der Waals surface area (Å²) < 4.78 is 5.26. The van der Waals surface area contributed by atoms with E-state index >= 15 is 0 Å². The summed E-state index contributed by atoms with van der Waals surface area (Å²) in [6, 6.07) is 10.3. The van der Waals surface area contributed by atoms with Gasteiger partial charge in [0.15, 0.2) is 0 Å². The number of nitrogens with zero attached hydrogens (tertiary/aromatic N) is 3. The molecule has 1 aromatic carbocycles. The third-order valence-electron chi connectivity index (χ3n) is 3.17. The molecule has 1 atom stereocenters. The summed E-state index contributed by atoms with van der Waals surface area (Å²) in [5.41, 5.74) is 2.24. The van der Waals surface area contributed by atoms with E-state index in [2.05, 4.69) is 35.3 Å². The van der Waals surface area contributed by atoms with Gasteiger partial charge in [-0.05, 0) is 18.4 Å².